The van der Waals surface area contributed by atoms with Crippen molar-refractivity contribution in [2.45, 2.75) is 63.8 Å². The van der Waals surface area contributed by atoms with Gasteiger partial charge in [-0.25, -0.2) is 9.59 Å². The van der Waals surface area contributed by atoms with Crippen molar-refractivity contribution >= 4 is 23.9 Å². The largest absolute Gasteiger partial charge is 0.460 e. The van der Waals surface area contributed by atoms with Crippen LogP contribution in [0.4, 0.5) is 4.79 Å². The van der Waals surface area contributed by atoms with Gasteiger partial charge in [-0.3, -0.25) is 14.5 Å². The molecular weight excluding hydrogens is 498 g/mol. The molecule has 1 heterocycles. The molecule has 0 saturated carbocycles. The average molecular weight is 536 g/mol. The van der Waals surface area contributed by atoms with Gasteiger partial charge in [0, 0.05) is 13.0 Å². The number of carbonyl (C=O) groups excluding carboxylic acids is 4. The lowest BCUT2D eigenvalue weighted by atomic mass is 10.0. The summed E-state index contributed by atoms with van der Waals surface area (Å²) >= 11 is 0. The van der Waals surface area contributed by atoms with Gasteiger partial charge in [-0.05, 0) is 44.7 Å². The van der Waals surface area contributed by atoms with Gasteiger partial charge in [0.15, 0.2) is 0 Å². The molecule has 0 spiro atoms. The normalized spacial score (nSPS) is 16.5. The molecule has 3 rings (SSSR count). The Balaban J connectivity index is 1.81. The molecule has 0 radical (unpaired) electrons. The summed E-state index contributed by atoms with van der Waals surface area (Å²) in [4.78, 5) is 54.0. The first-order valence-corrected chi connectivity index (χ1v) is 13.1. The molecule has 2 aromatic rings. The maximum absolute atomic E-state index is 13.6. The van der Waals surface area contributed by atoms with Gasteiger partial charge in [0.25, 0.3) is 0 Å². The third-order valence-electron chi connectivity index (χ3n) is 6.09. The second-order valence-electron chi connectivity index (χ2n) is 10.4. The monoisotopic (exact) mass is 535 g/mol. The molecule has 39 heavy (non-hydrogen) atoms. The van der Waals surface area contributed by atoms with Crippen LogP contribution < -0.4 is 10.6 Å². The van der Waals surface area contributed by atoms with E-state index in [1.165, 1.54) is 11.0 Å². The Morgan fingerprint density at radius 3 is 2.28 bits per heavy atom. The Morgan fingerprint density at radius 1 is 1.03 bits per heavy atom. The van der Waals surface area contributed by atoms with E-state index in [0.717, 1.165) is 5.56 Å². The molecule has 1 aliphatic heterocycles. The van der Waals surface area contributed by atoms with Gasteiger partial charge in [0.05, 0.1) is 0 Å². The van der Waals surface area contributed by atoms with E-state index >= 15 is 0 Å². The number of carbonyl (C=O) groups is 4. The van der Waals surface area contributed by atoms with Crippen LogP contribution in [0.3, 0.4) is 0 Å². The van der Waals surface area contributed by atoms with Crippen LogP contribution in [0.25, 0.3) is 0 Å². The van der Waals surface area contributed by atoms with Crippen LogP contribution in [0.15, 0.2) is 73.3 Å². The molecule has 3 amide bonds. The Labute approximate surface area is 229 Å². The number of benzene rings is 2. The fraction of sp³-hybridized carbons (Fsp3) is 0.400. The van der Waals surface area contributed by atoms with Crippen LogP contribution >= 0.6 is 0 Å². The Morgan fingerprint density at radius 2 is 1.67 bits per heavy atom. The summed E-state index contributed by atoms with van der Waals surface area (Å²) in [6.45, 7) is 9.23. The van der Waals surface area contributed by atoms with E-state index < -0.39 is 47.6 Å². The van der Waals surface area contributed by atoms with Crippen LogP contribution in [-0.4, -0.2) is 59.6 Å². The fourth-order valence-corrected chi connectivity index (χ4v) is 4.30. The number of hydrogen-bond donors (Lipinski definition) is 2. The first-order chi connectivity index (χ1) is 18.6. The van der Waals surface area contributed by atoms with Crippen molar-refractivity contribution < 1.29 is 28.7 Å². The van der Waals surface area contributed by atoms with Crippen molar-refractivity contribution in [1.82, 2.24) is 15.5 Å². The molecule has 0 aromatic heterocycles. The van der Waals surface area contributed by atoms with Crippen molar-refractivity contribution in [2.24, 2.45) is 0 Å². The molecule has 1 saturated heterocycles. The van der Waals surface area contributed by atoms with Gasteiger partial charge in [-0.1, -0.05) is 73.3 Å². The van der Waals surface area contributed by atoms with Gasteiger partial charge >= 0.3 is 12.1 Å². The number of esters is 1. The maximum atomic E-state index is 13.6. The zero-order chi connectivity index (χ0) is 28.4. The first kappa shape index (κ1) is 29.4. The van der Waals surface area contributed by atoms with E-state index in [4.69, 9.17) is 9.47 Å². The van der Waals surface area contributed by atoms with E-state index in [9.17, 15) is 19.2 Å². The van der Waals surface area contributed by atoms with Gasteiger partial charge < -0.3 is 20.1 Å². The minimum atomic E-state index is -1.11. The topological polar surface area (TPSA) is 114 Å². The molecule has 9 heteroatoms. The lowest BCUT2D eigenvalue weighted by molar-refractivity contribution is -0.147. The van der Waals surface area contributed by atoms with Crippen LogP contribution in [0.2, 0.25) is 0 Å². The molecule has 2 N–H and O–H groups in total. The SMILES string of the molecule is C=CCOC(=O)[C@H](Cc1ccccc1)NC(=O)[C@H](NC(=O)[C@@H]1CCCN1C(=O)OC(C)(C)C)c1ccccc1. The van der Waals surface area contributed by atoms with Crippen molar-refractivity contribution in [3.63, 3.8) is 0 Å². The highest BCUT2D eigenvalue weighted by Gasteiger charge is 2.38. The van der Waals surface area contributed by atoms with E-state index in [2.05, 4.69) is 17.2 Å². The summed E-state index contributed by atoms with van der Waals surface area (Å²) in [5.41, 5.74) is 0.655. The Kier molecular flexibility index (Phi) is 10.3. The quantitative estimate of drug-likeness (QED) is 0.354. The minimum absolute atomic E-state index is 0.00102. The maximum Gasteiger partial charge on any atom is 0.410 e. The zero-order valence-electron chi connectivity index (χ0n) is 22.7. The van der Waals surface area contributed by atoms with Crippen molar-refractivity contribution in [3.8, 4) is 0 Å². The summed E-state index contributed by atoms with van der Waals surface area (Å²) < 4.78 is 10.7. The second kappa shape index (κ2) is 13.6. The summed E-state index contributed by atoms with van der Waals surface area (Å²) in [7, 11) is 0. The number of nitrogens with zero attached hydrogens (tertiary/aromatic N) is 1. The highest BCUT2D eigenvalue weighted by atomic mass is 16.6. The third-order valence-corrected chi connectivity index (χ3v) is 6.09. The van der Waals surface area contributed by atoms with Crippen LogP contribution in [0.1, 0.15) is 50.8 Å². The molecule has 2 aromatic carbocycles. The number of likely N-dealkylation sites (tertiary alicyclic amines) is 1. The number of amides is 3. The minimum Gasteiger partial charge on any atom is -0.460 e. The molecule has 1 aliphatic rings. The number of hydrogen-bond acceptors (Lipinski definition) is 6. The predicted octanol–water partition coefficient (Wildman–Crippen LogP) is 3.70. The highest BCUT2D eigenvalue weighted by Crippen LogP contribution is 2.23. The van der Waals surface area contributed by atoms with Gasteiger partial charge in [-0.15, -0.1) is 0 Å². The Bertz CT molecular complexity index is 1150. The van der Waals surface area contributed by atoms with Gasteiger partial charge in [0.1, 0.15) is 30.3 Å². The summed E-state index contributed by atoms with van der Waals surface area (Å²) in [6.07, 6.45) is 2.15. The molecule has 208 valence electrons. The smallest absolute Gasteiger partial charge is 0.410 e. The van der Waals surface area contributed by atoms with Crippen LogP contribution in [0, 0.1) is 0 Å². The van der Waals surface area contributed by atoms with Crippen LogP contribution in [0.5, 0.6) is 0 Å². The van der Waals surface area contributed by atoms with E-state index in [0.29, 0.717) is 24.9 Å². The summed E-state index contributed by atoms with van der Waals surface area (Å²) in [5.74, 6) is -1.67. The van der Waals surface area contributed by atoms with Crippen molar-refractivity contribution in [3.05, 3.63) is 84.4 Å². The molecule has 1 fully saturated rings. The summed E-state index contributed by atoms with van der Waals surface area (Å²) in [6, 6.07) is 15.1. The van der Waals surface area contributed by atoms with E-state index in [1.54, 1.807) is 51.1 Å². The van der Waals surface area contributed by atoms with Crippen molar-refractivity contribution in [2.75, 3.05) is 13.2 Å². The molecular formula is C30H37N3O6. The Hall–Kier alpha value is -4.14. The number of nitrogens with one attached hydrogen (secondary N) is 2. The lowest BCUT2D eigenvalue weighted by Gasteiger charge is -2.29. The van der Waals surface area contributed by atoms with Crippen molar-refractivity contribution in [1.29, 1.82) is 0 Å². The third kappa shape index (κ3) is 8.70. The number of rotatable bonds is 10. The average Bonchev–Trinajstić information content (AvgIpc) is 3.40. The molecule has 9 nitrogen and oxygen atoms in total. The molecule has 0 unspecified atom stereocenters. The van der Waals surface area contributed by atoms with Crippen LogP contribution in [-0.2, 0) is 30.3 Å². The lowest BCUT2D eigenvalue weighted by Crippen LogP contribution is -2.52. The van der Waals surface area contributed by atoms with E-state index in [-0.39, 0.29) is 13.0 Å². The van der Waals surface area contributed by atoms with Gasteiger partial charge in [-0.2, -0.15) is 0 Å². The standard InChI is InChI=1S/C30H37N3O6/c1-5-19-38-28(36)23(20-21-13-8-6-9-14-21)31-27(35)25(22-15-10-7-11-16-22)32-26(34)24-17-12-18-33(24)29(37)39-30(2,3)4/h5-11,13-16,23-25H,1,12,17-20H2,2-4H3,(H,31,35)(H,32,34)/t23-,24-,25+/m0/s1. The zero-order valence-corrected chi connectivity index (χ0v) is 22.7. The molecule has 3 atom stereocenters. The van der Waals surface area contributed by atoms with Gasteiger partial charge in [0.2, 0.25) is 11.8 Å². The summed E-state index contributed by atoms with van der Waals surface area (Å²) in [5, 5.41) is 5.57. The molecule has 0 aliphatic carbocycles. The van der Waals surface area contributed by atoms with E-state index in [1.807, 2.05) is 30.3 Å². The molecule has 0 bridgehead atoms. The number of ether oxygens (including phenoxy) is 2. The predicted molar refractivity (Wildman–Crippen MR) is 147 cm³/mol. The second-order valence-corrected chi connectivity index (χ2v) is 10.4. The highest BCUT2D eigenvalue weighted by molar-refractivity contribution is 5.94. The first-order valence-electron chi connectivity index (χ1n) is 13.1. The fourth-order valence-electron chi connectivity index (χ4n) is 4.30.